The molecule has 0 radical (unpaired) electrons. The highest BCUT2D eigenvalue weighted by Gasteiger charge is 2.11. The second kappa shape index (κ2) is 4.48. The Morgan fingerprint density at radius 1 is 1.32 bits per heavy atom. The summed E-state index contributed by atoms with van der Waals surface area (Å²) in [6.07, 6.45) is 0.412. The van der Waals surface area contributed by atoms with E-state index in [1.807, 2.05) is 32.0 Å². The van der Waals surface area contributed by atoms with Crippen LogP contribution in [0.5, 0.6) is 0 Å². The quantitative estimate of drug-likeness (QED) is 0.712. The van der Waals surface area contributed by atoms with Crippen LogP contribution in [0, 0.1) is 25.2 Å². The van der Waals surface area contributed by atoms with E-state index in [2.05, 4.69) is 16.0 Å². The van der Waals surface area contributed by atoms with Gasteiger partial charge in [-0.2, -0.15) is 5.26 Å². The first-order valence-corrected chi connectivity index (χ1v) is 6.70. The van der Waals surface area contributed by atoms with E-state index in [0.717, 1.165) is 32.2 Å². The van der Waals surface area contributed by atoms with Crippen molar-refractivity contribution < 1.29 is 4.42 Å². The summed E-state index contributed by atoms with van der Waals surface area (Å²) >= 11 is 1.56. The first kappa shape index (κ1) is 11.9. The molecule has 0 amide bonds. The molecule has 4 nitrogen and oxygen atoms in total. The number of aryl methyl sites for hydroxylation is 2. The van der Waals surface area contributed by atoms with Crippen molar-refractivity contribution in [2.45, 2.75) is 20.3 Å². The molecule has 1 aromatic carbocycles. The van der Waals surface area contributed by atoms with Gasteiger partial charge in [-0.15, -0.1) is 11.3 Å². The number of fused-ring (bicyclic) bond motifs is 1. The molecule has 0 spiro atoms. The molecule has 5 heteroatoms. The number of benzene rings is 1. The summed E-state index contributed by atoms with van der Waals surface area (Å²) in [4.78, 5) is 9.87. The molecule has 0 unspecified atom stereocenters. The molecular weight excluding hydrogens is 258 g/mol. The normalized spacial score (nSPS) is 10.8. The van der Waals surface area contributed by atoms with Crippen LogP contribution in [-0.2, 0) is 6.42 Å². The molecule has 19 heavy (non-hydrogen) atoms. The van der Waals surface area contributed by atoms with Gasteiger partial charge >= 0.3 is 0 Å². The van der Waals surface area contributed by atoms with Gasteiger partial charge in [0.15, 0.2) is 11.5 Å². The number of nitrogens with zero attached hydrogens (tertiary/aromatic N) is 3. The fourth-order valence-electron chi connectivity index (χ4n) is 1.96. The molecule has 0 saturated carbocycles. The van der Waals surface area contributed by atoms with Gasteiger partial charge in [-0.05, 0) is 25.1 Å². The Morgan fingerprint density at radius 3 is 2.95 bits per heavy atom. The van der Waals surface area contributed by atoms with E-state index in [1.165, 1.54) is 0 Å². The number of rotatable bonds is 2. The second-order valence-electron chi connectivity index (χ2n) is 4.28. The van der Waals surface area contributed by atoms with Gasteiger partial charge in [0.25, 0.3) is 0 Å². The van der Waals surface area contributed by atoms with Crippen molar-refractivity contribution in [3.05, 3.63) is 34.7 Å². The summed E-state index contributed by atoms with van der Waals surface area (Å²) in [7, 11) is 0. The summed E-state index contributed by atoms with van der Waals surface area (Å²) < 4.78 is 5.46. The highest BCUT2D eigenvalue weighted by atomic mass is 32.1. The third kappa shape index (κ3) is 2.11. The van der Waals surface area contributed by atoms with Crippen LogP contribution in [0.4, 0.5) is 0 Å². The molecule has 3 aromatic rings. The molecule has 0 atom stereocenters. The molecule has 0 bridgehead atoms. The maximum absolute atomic E-state index is 8.77. The molecule has 0 fully saturated rings. The van der Waals surface area contributed by atoms with Crippen LogP contribution in [0.1, 0.15) is 16.5 Å². The number of oxazole rings is 1. The minimum Gasteiger partial charge on any atom is -0.441 e. The van der Waals surface area contributed by atoms with E-state index in [-0.39, 0.29) is 0 Å². The molecule has 2 aromatic heterocycles. The van der Waals surface area contributed by atoms with Crippen LogP contribution in [0.25, 0.3) is 21.7 Å². The van der Waals surface area contributed by atoms with Gasteiger partial charge in [0, 0.05) is 17.4 Å². The Labute approximate surface area is 114 Å². The Bertz CT molecular complexity index is 795. The lowest BCUT2D eigenvalue weighted by atomic mass is 10.2. The van der Waals surface area contributed by atoms with Gasteiger partial charge < -0.3 is 4.42 Å². The molecule has 3 rings (SSSR count). The lowest BCUT2D eigenvalue weighted by Crippen LogP contribution is -1.80. The van der Waals surface area contributed by atoms with Gasteiger partial charge in [0.05, 0.1) is 18.2 Å². The van der Waals surface area contributed by atoms with Crippen molar-refractivity contribution in [3.63, 3.8) is 0 Å². The highest BCUT2D eigenvalue weighted by molar-refractivity contribution is 7.15. The third-order valence-electron chi connectivity index (χ3n) is 2.87. The molecule has 0 aliphatic carbocycles. The molecular formula is C14H11N3OS. The van der Waals surface area contributed by atoms with Crippen molar-refractivity contribution in [2.24, 2.45) is 0 Å². The minimum absolute atomic E-state index is 0.412. The van der Waals surface area contributed by atoms with Crippen LogP contribution in [-0.4, -0.2) is 9.97 Å². The molecule has 0 aliphatic rings. The Hall–Kier alpha value is -2.19. The van der Waals surface area contributed by atoms with Gasteiger partial charge in [-0.25, -0.2) is 9.97 Å². The van der Waals surface area contributed by atoms with Crippen molar-refractivity contribution in [1.29, 1.82) is 5.26 Å². The van der Waals surface area contributed by atoms with Crippen LogP contribution in [0.15, 0.2) is 22.6 Å². The van der Waals surface area contributed by atoms with Gasteiger partial charge in [0.2, 0.25) is 0 Å². The summed E-state index contributed by atoms with van der Waals surface area (Å²) in [5.41, 5.74) is 3.56. The van der Waals surface area contributed by atoms with Gasteiger partial charge in [-0.1, -0.05) is 0 Å². The van der Waals surface area contributed by atoms with Crippen LogP contribution >= 0.6 is 11.3 Å². The predicted molar refractivity (Wildman–Crippen MR) is 73.9 cm³/mol. The first-order valence-electron chi connectivity index (χ1n) is 5.88. The number of hydrogen-bond donors (Lipinski definition) is 0. The number of aromatic nitrogens is 2. The summed E-state index contributed by atoms with van der Waals surface area (Å²) in [5.74, 6) is 0.660. The lowest BCUT2D eigenvalue weighted by molar-refractivity contribution is 0.561. The van der Waals surface area contributed by atoms with Crippen LogP contribution in [0.2, 0.25) is 0 Å². The summed E-state index contributed by atoms with van der Waals surface area (Å²) in [6, 6.07) is 8.02. The average Bonchev–Trinajstić information content (AvgIpc) is 2.91. The zero-order valence-corrected chi connectivity index (χ0v) is 11.4. The minimum atomic E-state index is 0.412. The zero-order chi connectivity index (χ0) is 13.4. The molecule has 94 valence electrons. The van der Waals surface area contributed by atoms with Gasteiger partial charge in [0.1, 0.15) is 10.5 Å². The Morgan fingerprint density at radius 2 is 2.16 bits per heavy atom. The second-order valence-corrected chi connectivity index (χ2v) is 5.36. The van der Waals surface area contributed by atoms with Crippen LogP contribution < -0.4 is 0 Å². The molecule has 0 N–H and O–H groups in total. The van der Waals surface area contributed by atoms with Crippen molar-refractivity contribution in [2.75, 3.05) is 0 Å². The average molecular weight is 269 g/mol. The first-order chi connectivity index (χ1) is 9.17. The SMILES string of the molecule is Cc1nc2cc(-c3nc(C)c(CC#N)s3)ccc2o1. The Balaban J connectivity index is 2.08. The van der Waals surface area contributed by atoms with E-state index in [1.54, 1.807) is 11.3 Å². The molecule has 0 saturated heterocycles. The highest BCUT2D eigenvalue weighted by Crippen LogP contribution is 2.30. The topological polar surface area (TPSA) is 62.7 Å². The summed E-state index contributed by atoms with van der Waals surface area (Å²) in [5, 5.41) is 9.70. The summed E-state index contributed by atoms with van der Waals surface area (Å²) in [6.45, 7) is 3.77. The van der Waals surface area contributed by atoms with Crippen LogP contribution in [0.3, 0.4) is 0 Å². The monoisotopic (exact) mass is 269 g/mol. The van der Waals surface area contributed by atoms with E-state index >= 15 is 0 Å². The largest absolute Gasteiger partial charge is 0.441 e. The fraction of sp³-hybridized carbons (Fsp3) is 0.214. The van der Waals surface area contributed by atoms with E-state index in [9.17, 15) is 0 Å². The molecule has 2 heterocycles. The fourth-order valence-corrected chi connectivity index (χ4v) is 2.95. The molecule has 0 aliphatic heterocycles. The maximum Gasteiger partial charge on any atom is 0.192 e. The smallest absolute Gasteiger partial charge is 0.192 e. The van der Waals surface area contributed by atoms with E-state index in [0.29, 0.717) is 12.3 Å². The Kier molecular flexibility index (Phi) is 2.80. The zero-order valence-electron chi connectivity index (χ0n) is 10.6. The van der Waals surface area contributed by atoms with Crippen molar-refractivity contribution in [3.8, 4) is 16.6 Å². The predicted octanol–water partition coefficient (Wildman–Crippen LogP) is 3.63. The third-order valence-corrected chi connectivity index (χ3v) is 4.08. The number of nitriles is 1. The van der Waals surface area contributed by atoms with E-state index in [4.69, 9.17) is 9.68 Å². The van der Waals surface area contributed by atoms with Crippen molar-refractivity contribution in [1.82, 2.24) is 9.97 Å². The standard InChI is InChI=1S/C14H11N3OS/c1-8-13(5-6-15)19-14(16-8)10-3-4-12-11(7-10)17-9(2)18-12/h3-4,7H,5H2,1-2H3. The van der Waals surface area contributed by atoms with Crippen molar-refractivity contribution >= 4 is 22.4 Å². The van der Waals surface area contributed by atoms with E-state index < -0.39 is 0 Å². The number of thiazole rings is 1. The van der Waals surface area contributed by atoms with Gasteiger partial charge in [-0.3, -0.25) is 0 Å². The lowest BCUT2D eigenvalue weighted by Gasteiger charge is -1.94. The maximum atomic E-state index is 8.77. The number of hydrogen-bond acceptors (Lipinski definition) is 5.